The van der Waals surface area contributed by atoms with Crippen molar-refractivity contribution in [2.24, 2.45) is 5.92 Å². The van der Waals surface area contributed by atoms with E-state index >= 15 is 0 Å². The lowest BCUT2D eigenvalue weighted by Gasteiger charge is -2.32. The van der Waals surface area contributed by atoms with Crippen LogP contribution in [0.3, 0.4) is 0 Å². The van der Waals surface area contributed by atoms with E-state index in [0.717, 1.165) is 60.9 Å². The fourth-order valence-electron chi connectivity index (χ4n) is 4.94. The van der Waals surface area contributed by atoms with Gasteiger partial charge in [-0.3, -0.25) is 9.69 Å². The number of benzene rings is 3. The van der Waals surface area contributed by atoms with E-state index in [4.69, 9.17) is 16.6 Å². The summed E-state index contributed by atoms with van der Waals surface area (Å²) < 4.78 is 2.29. The average Bonchev–Trinajstić information content (AvgIpc) is 3.21. The topological polar surface area (TPSA) is 50.2 Å². The van der Waals surface area contributed by atoms with E-state index in [9.17, 15) is 4.79 Å². The van der Waals surface area contributed by atoms with Crippen molar-refractivity contribution in [3.63, 3.8) is 0 Å². The van der Waals surface area contributed by atoms with Gasteiger partial charge in [0.1, 0.15) is 5.82 Å². The summed E-state index contributed by atoms with van der Waals surface area (Å²) in [4.78, 5) is 20.3. The number of carbonyl (C=O) groups is 1. The predicted octanol–water partition coefficient (Wildman–Crippen LogP) is 5.57. The average molecular weight is 487 g/mol. The monoisotopic (exact) mass is 486 g/mol. The molecule has 1 N–H and O–H groups in total. The number of nitrogens with one attached hydrogen (secondary N) is 1. The standard InChI is InChI=1S/C29H31ClN4O/c1-21-7-2-3-8-23(21)17-31-29(35)24-9-6-16-33(19-24)20-28-32-26-10-4-5-11-27(26)34(28)18-22-12-14-25(30)15-13-22/h2-5,7-8,10-15,24H,6,9,16-20H2,1H3,(H,31,35)/t24-/m1/s1. The van der Waals surface area contributed by atoms with Crippen LogP contribution in [-0.2, 0) is 24.4 Å². The van der Waals surface area contributed by atoms with Crippen molar-refractivity contribution in [3.8, 4) is 0 Å². The number of piperidine rings is 1. The van der Waals surface area contributed by atoms with Crippen molar-refractivity contribution in [3.05, 3.63) is 100 Å². The summed E-state index contributed by atoms with van der Waals surface area (Å²) in [6.45, 7) is 5.86. The zero-order chi connectivity index (χ0) is 24.2. The van der Waals surface area contributed by atoms with Crippen molar-refractivity contribution in [1.82, 2.24) is 19.8 Å². The number of para-hydroxylation sites is 2. The molecule has 5 rings (SSSR count). The molecule has 0 saturated carbocycles. The van der Waals surface area contributed by atoms with E-state index in [-0.39, 0.29) is 11.8 Å². The summed E-state index contributed by atoms with van der Waals surface area (Å²) in [6, 6.07) is 24.5. The van der Waals surface area contributed by atoms with Gasteiger partial charge in [-0.25, -0.2) is 4.98 Å². The van der Waals surface area contributed by atoms with Crippen LogP contribution >= 0.6 is 11.6 Å². The van der Waals surface area contributed by atoms with Gasteiger partial charge >= 0.3 is 0 Å². The fraction of sp³-hybridized carbons (Fsp3) is 0.310. The van der Waals surface area contributed by atoms with Crippen LogP contribution in [0, 0.1) is 12.8 Å². The second kappa shape index (κ2) is 10.6. The fourth-order valence-corrected chi connectivity index (χ4v) is 5.07. The number of rotatable bonds is 7. The first-order chi connectivity index (χ1) is 17.1. The Balaban J connectivity index is 1.29. The van der Waals surface area contributed by atoms with Crippen molar-refractivity contribution in [2.45, 2.75) is 39.4 Å². The number of halogens is 1. The lowest BCUT2D eigenvalue weighted by atomic mass is 9.97. The maximum atomic E-state index is 13.0. The zero-order valence-corrected chi connectivity index (χ0v) is 20.8. The number of aromatic nitrogens is 2. The summed E-state index contributed by atoms with van der Waals surface area (Å²) in [5.41, 5.74) is 5.69. The second-order valence-electron chi connectivity index (χ2n) is 9.45. The van der Waals surface area contributed by atoms with Crippen molar-refractivity contribution >= 4 is 28.5 Å². The minimum atomic E-state index is 0.00172. The van der Waals surface area contributed by atoms with Crippen molar-refractivity contribution < 1.29 is 4.79 Å². The predicted molar refractivity (Wildman–Crippen MR) is 141 cm³/mol. The van der Waals surface area contributed by atoms with Crippen LogP contribution in [0.4, 0.5) is 0 Å². The first-order valence-corrected chi connectivity index (χ1v) is 12.7. The molecule has 1 fully saturated rings. The Kier molecular flexibility index (Phi) is 7.16. The van der Waals surface area contributed by atoms with Gasteiger partial charge < -0.3 is 9.88 Å². The molecular formula is C29H31ClN4O. The molecular weight excluding hydrogens is 456 g/mol. The highest BCUT2D eigenvalue weighted by Crippen LogP contribution is 2.23. The van der Waals surface area contributed by atoms with Crippen molar-refractivity contribution in [2.75, 3.05) is 13.1 Å². The van der Waals surface area contributed by atoms with Crippen LogP contribution in [0.1, 0.15) is 35.4 Å². The molecule has 35 heavy (non-hydrogen) atoms. The number of likely N-dealkylation sites (tertiary alicyclic amines) is 1. The normalized spacial score (nSPS) is 16.5. The van der Waals surface area contributed by atoms with Gasteiger partial charge in [0.25, 0.3) is 0 Å². The van der Waals surface area contributed by atoms with Gasteiger partial charge in [0.2, 0.25) is 5.91 Å². The van der Waals surface area contributed by atoms with E-state index in [0.29, 0.717) is 6.54 Å². The summed E-state index contributed by atoms with van der Waals surface area (Å²) >= 11 is 6.09. The molecule has 1 aliphatic rings. The quantitative estimate of drug-likeness (QED) is 0.371. The molecule has 6 heteroatoms. The van der Waals surface area contributed by atoms with E-state index in [1.165, 1.54) is 16.7 Å². The Morgan fingerprint density at radius 1 is 1.03 bits per heavy atom. The van der Waals surface area contributed by atoms with Crippen LogP contribution in [0.5, 0.6) is 0 Å². The molecule has 1 amide bonds. The number of hydrogen-bond donors (Lipinski definition) is 1. The number of hydrogen-bond acceptors (Lipinski definition) is 3. The highest BCUT2D eigenvalue weighted by Gasteiger charge is 2.27. The lowest BCUT2D eigenvalue weighted by Crippen LogP contribution is -2.42. The maximum absolute atomic E-state index is 13.0. The number of aryl methyl sites for hydroxylation is 1. The number of amides is 1. The molecule has 4 aromatic rings. The number of nitrogens with zero attached hydrogens (tertiary/aromatic N) is 3. The van der Waals surface area contributed by atoms with Gasteiger partial charge in [-0.05, 0) is 67.3 Å². The molecule has 180 valence electrons. The molecule has 2 heterocycles. The van der Waals surface area contributed by atoms with Gasteiger partial charge in [0.15, 0.2) is 0 Å². The Hall–Kier alpha value is -3.15. The van der Waals surface area contributed by atoms with E-state index in [1.807, 2.05) is 30.3 Å². The molecule has 5 nitrogen and oxygen atoms in total. The molecule has 1 saturated heterocycles. The molecule has 0 aliphatic carbocycles. The minimum absolute atomic E-state index is 0.00172. The van der Waals surface area contributed by atoms with Gasteiger partial charge in [-0.2, -0.15) is 0 Å². The minimum Gasteiger partial charge on any atom is -0.352 e. The summed E-state index contributed by atoms with van der Waals surface area (Å²) in [6.07, 6.45) is 1.94. The molecule has 1 aliphatic heterocycles. The highest BCUT2D eigenvalue weighted by molar-refractivity contribution is 6.30. The van der Waals surface area contributed by atoms with E-state index in [1.54, 1.807) is 0 Å². The van der Waals surface area contributed by atoms with Crippen LogP contribution in [0.25, 0.3) is 11.0 Å². The van der Waals surface area contributed by atoms with Crippen LogP contribution < -0.4 is 5.32 Å². The Labute approximate surface area is 211 Å². The molecule has 3 aromatic carbocycles. The summed E-state index contributed by atoms with van der Waals surface area (Å²) in [5.74, 6) is 1.18. The Bertz CT molecular complexity index is 1310. The first-order valence-electron chi connectivity index (χ1n) is 12.3. The zero-order valence-electron chi connectivity index (χ0n) is 20.1. The van der Waals surface area contributed by atoms with Crippen LogP contribution in [0.2, 0.25) is 5.02 Å². The van der Waals surface area contributed by atoms with Gasteiger partial charge in [0.05, 0.1) is 23.5 Å². The highest BCUT2D eigenvalue weighted by atomic mass is 35.5. The first kappa shape index (κ1) is 23.6. The third-order valence-corrected chi connectivity index (χ3v) is 7.20. The number of carbonyl (C=O) groups excluding carboxylic acids is 1. The van der Waals surface area contributed by atoms with E-state index in [2.05, 4.69) is 64.2 Å². The summed E-state index contributed by atoms with van der Waals surface area (Å²) in [5, 5.41) is 3.91. The third-order valence-electron chi connectivity index (χ3n) is 6.94. The maximum Gasteiger partial charge on any atom is 0.224 e. The SMILES string of the molecule is Cc1ccccc1CNC(=O)[C@@H]1CCCN(Cc2nc3ccccc3n2Cc2ccc(Cl)cc2)C1. The molecule has 0 radical (unpaired) electrons. The Morgan fingerprint density at radius 3 is 2.63 bits per heavy atom. The number of imidazole rings is 1. The second-order valence-corrected chi connectivity index (χ2v) is 9.88. The van der Waals surface area contributed by atoms with Crippen LogP contribution in [0.15, 0.2) is 72.8 Å². The molecule has 1 aromatic heterocycles. The number of fused-ring (bicyclic) bond motifs is 1. The van der Waals surface area contributed by atoms with Gasteiger partial charge in [0, 0.05) is 24.7 Å². The van der Waals surface area contributed by atoms with Gasteiger partial charge in [-0.15, -0.1) is 0 Å². The lowest BCUT2D eigenvalue weighted by molar-refractivity contribution is -0.127. The third kappa shape index (κ3) is 5.58. The van der Waals surface area contributed by atoms with Gasteiger partial charge in [-0.1, -0.05) is 60.1 Å². The van der Waals surface area contributed by atoms with Crippen molar-refractivity contribution in [1.29, 1.82) is 0 Å². The summed E-state index contributed by atoms with van der Waals surface area (Å²) in [7, 11) is 0. The van der Waals surface area contributed by atoms with Crippen LogP contribution in [-0.4, -0.2) is 33.4 Å². The van der Waals surface area contributed by atoms with E-state index < -0.39 is 0 Å². The molecule has 0 bridgehead atoms. The molecule has 0 spiro atoms. The molecule has 1 atom stereocenters. The largest absolute Gasteiger partial charge is 0.352 e. The molecule has 0 unspecified atom stereocenters. The smallest absolute Gasteiger partial charge is 0.224 e. The Morgan fingerprint density at radius 2 is 1.80 bits per heavy atom.